The number of hydrogen-bond acceptors (Lipinski definition) is 3. The van der Waals surface area contributed by atoms with Crippen molar-refractivity contribution in [2.45, 2.75) is 46.1 Å². The largest absolute Gasteiger partial charge is 0.487 e. The second-order valence-electron chi connectivity index (χ2n) is 7.65. The van der Waals surface area contributed by atoms with Gasteiger partial charge in [0.2, 0.25) is 11.8 Å². The maximum absolute atomic E-state index is 12.7. The van der Waals surface area contributed by atoms with Crippen molar-refractivity contribution in [1.29, 1.82) is 0 Å². The first-order valence-corrected chi connectivity index (χ1v) is 9.28. The van der Waals surface area contributed by atoms with Gasteiger partial charge in [-0.15, -0.1) is 0 Å². The SMILES string of the molecule is CC1CC(C)CN(C(=O)CCC(=O)N2CC(C)Oc3ccccc32)C1. The maximum Gasteiger partial charge on any atom is 0.227 e. The molecule has 1 aromatic rings. The molecule has 136 valence electrons. The number of para-hydroxylation sites is 2. The molecule has 2 heterocycles. The molecule has 0 aliphatic carbocycles. The number of benzene rings is 1. The van der Waals surface area contributed by atoms with Crippen LogP contribution in [0.4, 0.5) is 5.69 Å². The molecule has 0 N–H and O–H groups in total. The van der Waals surface area contributed by atoms with Crippen LogP contribution in [0.15, 0.2) is 24.3 Å². The van der Waals surface area contributed by atoms with Crippen LogP contribution < -0.4 is 9.64 Å². The van der Waals surface area contributed by atoms with Crippen molar-refractivity contribution in [3.8, 4) is 5.75 Å². The Balaban J connectivity index is 1.60. The highest BCUT2D eigenvalue weighted by molar-refractivity contribution is 5.97. The van der Waals surface area contributed by atoms with Crippen LogP contribution >= 0.6 is 0 Å². The highest BCUT2D eigenvalue weighted by Gasteiger charge is 2.29. The van der Waals surface area contributed by atoms with Crippen LogP contribution in [0, 0.1) is 11.8 Å². The van der Waals surface area contributed by atoms with Gasteiger partial charge in [-0.3, -0.25) is 9.59 Å². The Morgan fingerprint density at radius 1 is 1.00 bits per heavy atom. The topological polar surface area (TPSA) is 49.9 Å². The van der Waals surface area contributed by atoms with Gasteiger partial charge in [0.1, 0.15) is 11.9 Å². The molecule has 5 nitrogen and oxygen atoms in total. The third kappa shape index (κ3) is 4.14. The smallest absolute Gasteiger partial charge is 0.227 e. The second-order valence-corrected chi connectivity index (χ2v) is 7.65. The van der Waals surface area contributed by atoms with Gasteiger partial charge in [0.05, 0.1) is 12.2 Å². The van der Waals surface area contributed by atoms with Crippen LogP contribution in [-0.4, -0.2) is 42.5 Å². The number of ether oxygens (including phenoxy) is 1. The Bertz CT molecular complexity index is 636. The third-order valence-electron chi connectivity index (χ3n) is 5.00. The van der Waals surface area contributed by atoms with E-state index in [0.29, 0.717) is 18.4 Å². The zero-order valence-corrected chi connectivity index (χ0v) is 15.4. The Kier molecular flexibility index (Phi) is 5.30. The zero-order valence-electron chi connectivity index (χ0n) is 15.4. The van der Waals surface area contributed by atoms with E-state index in [1.165, 1.54) is 6.42 Å². The molecule has 3 rings (SSSR count). The van der Waals surface area contributed by atoms with Gasteiger partial charge in [0.15, 0.2) is 0 Å². The minimum absolute atomic E-state index is 0.00550. The Morgan fingerprint density at radius 2 is 1.64 bits per heavy atom. The van der Waals surface area contributed by atoms with Crippen molar-refractivity contribution in [2.24, 2.45) is 11.8 Å². The molecule has 25 heavy (non-hydrogen) atoms. The molecule has 0 aromatic heterocycles. The molecule has 2 aliphatic rings. The molecule has 1 saturated heterocycles. The van der Waals surface area contributed by atoms with Gasteiger partial charge in [-0.1, -0.05) is 26.0 Å². The van der Waals surface area contributed by atoms with Crippen LogP contribution in [0.25, 0.3) is 0 Å². The average molecular weight is 344 g/mol. The van der Waals surface area contributed by atoms with Gasteiger partial charge in [-0.2, -0.15) is 0 Å². The van der Waals surface area contributed by atoms with E-state index in [2.05, 4.69) is 13.8 Å². The second kappa shape index (κ2) is 7.46. The van der Waals surface area contributed by atoms with Gasteiger partial charge >= 0.3 is 0 Å². The monoisotopic (exact) mass is 344 g/mol. The number of carbonyl (C=O) groups is 2. The molecule has 2 amide bonds. The first-order chi connectivity index (χ1) is 11.9. The molecular weight excluding hydrogens is 316 g/mol. The van der Waals surface area contributed by atoms with Gasteiger partial charge in [-0.25, -0.2) is 0 Å². The van der Waals surface area contributed by atoms with E-state index in [0.717, 1.165) is 24.5 Å². The number of hydrogen-bond donors (Lipinski definition) is 0. The van der Waals surface area contributed by atoms with Gasteiger partial charge in [-0.05, 0) is 37.3 Å². The number of rotatable bonds is 3. The van der Waals surface area contributed by atoms with Gasteiger partial charge in [0.25, 0.3) is 0 Å². The average Bonchev–Trinajstić information content (AvgIpc) is 2.57. The van der Waals surface area contributed by atoms with Gasteiger partial charge < -0.3 is 14.5 Å². The van der Waals surface area contributed by atoms with Gasteiger partial charge in [0, 0.05) is 25.9 Å². The minimum Gasteiger partial charge on any atom is -0.487 e. The van der Waals surface area contributed by atoms with E-state index in [1.807, 2.05) is 36.1 Å². The fraction of sp³-hybridized carbons (Fsp3) is 0.600. The molecule has 0 saturated carbocycles. The summed E-state index contributed by atoms with van der Waals surface area (Å²) in [6, 6.07) is 7.59. The number of amides is 2. The van der Waals surface area contributed by atoms with Crippen LogP contribution in [-0.2, 0) is 9.59 Å². The highest BCUT2D eigenvalue weighted by atomic mass is 16.5. The van der Waals surface area contributed by atoms with Crippen molar-refractivity contribution < 1.29 is 14.3 Å². The predicted octanol–water partition coefficient (Wildman–Crippen LogP) is 3.09. The number of anilines is 1. The highest BCUT2D eigenvalue weighted by Crippen LogP contribution is 2.33. The van der Waals surface area contributed by atoms with E-state index in [9.17, 15) is 9.59 Å². The lowest BCUT2D eigenvalue weighted by molar-refractivity contribution is -0.135. The summed E-state index contributed by atoms with van der Waals surface area (Å²) < 4.78 is 5.79. The predicted molar refractivity (Wildman–Crippen MR) is 97.6 cm³/mol. The quantitative estimate of drug-likeness (QED) is 0.847. The summed E-state index contributed by atoms with van der Waals surface area (Å²) in [5.41, 5.74) is 0.804. The summed E-state index contributed by atoms with van der Waals surface area (Å²) >= 11 is 0. The van der Waals surface area contributed by atoms with E-state index in [-0.39, 0.29) is 30.8 Å². The van der Waals surface area contributed by atoms with Crippen molar-refractivity contribution >= 4 is 17.5 Å². The summed E-state index contributed by atoms with van der Waals surface area (Å²) in [5, 5.41) is 0. The summed E-state index contributed by atoms with van der Waals surface area (Å²) in [7, 11) is 0. The van der Waals surface area contributed by atoms with Crippen LogP contribution in [0.2, 0.25) is 0 Å². The summed E-state index contributed by atoms with van der Waals surface area (Å²) in [6.45, 7) is 8.49. The number of carbonyl (C=O) groups excluding carboxylic acids is 2. The number of fused-ring (bicyclic) bond motifs is 1. The Labute approximate surface area is 149 Å². The number of piperidine rings is 1. The Hall–Kier alpha value is -2.04. The minimum atomic E-state index is -0.0432. The zero-order chi connectivity index (χ0) is 18.0. The van der Waals surface area contributed by atoms with Crippen molar-refractivity contribution in [1.82, 2.24) is 4.90 Å². The molecule has 1 aromatic carbocycles. The molecule has 3 unspecified atom stereocenters. The summed E-state index contributed by atoms with van der Waals surface area (Å²) in [5.74, 6) is 1.90. The van der Waals surface area contributed by atoms with Crippen LogP contribution in [0.3, 0.4) is 0 Å². The molecule has 3 atom stereocenters. The fourth-order valence-electron chi connectivity index (χ4n) is 4.00. The third-order valence-corrected chi connectivity index (χ3v) is 5.00. The first kappa shape index (κ1) is 17.8. The van der Waals surface area contributed by atoms with Crippen LogP contribution in [0.5, 0.6) is 5.75 Å². The first-order valence-electron chi connectivity index (χ1n) is 9.28. The molecule has 0 spiro atoms. The molecule has 0 bridgehead atoms. The number of likely N-dealkylation sites (tertiary alicyclic amines) is 1. The van der Waals surface area contributed by atoms with Crippen molar-refractivity contribution in [2.75, 3.05) is 24.5 Å². The standard InChI is InChI=1S/C20H28N2O3/c1-14-10-15(2)12-21(11-14)19(23)8-9-20(24)22-13-16(3)25-18-7-5-4-6-17(18)22/h4-7,14-16H,8-13H2,1-3H3. The molecule has 2 aliphatic heterocycles. The molecular formula is C20H28N2O3. The normalized spacial score (nSPS) is 26.0. The molecule has 0 radical (unpaired) electrons. The van der Waals surface area contributed by atoms with Crippen molar-refractivity contribution in [3.63, 3.8) is 0 Å². The Morgan fingerprint density at radius 3 is 2.36 bits per heavy atom. The summed E-state index contributed by atoms with van der Waals surface area (Å²) in [6.07, 6.45) is 1.66. The molecule has 1 fully saturated rings. The van der Waals surface area contributed by atoms with Crippen LogP contribution in [0.1, 0.15) is 40.0 Å². The van der Waals surface area contributed by atoms with E-state index in [1.54, 1.807) is 4.90 Å². The lowest BCUT2D eigenvalue weighted by atomic mass is 9.91. The number of nitrogens with zero attached hydrogens (tertiary/aromatic N) is 2. The maximum atomic E-state index is 12.7. The van der Waals surface area contributed by atoms with E-state index >= 15 is 0 Å². The van der Waals surface area contributed by atoms with E-state index in [4.69, 9.17) is 4.74 Å². The lowest BCUT2D eigenvalue weighted by Gasteiger charge is -2.35. The fourth-order valence-corrected chi connectivity index (χ4v) is 4.00. The van der Waals surface area contributed by atoms with Crippen molar-refractivity contribution in [3.05, 3.63) is 24.3 Å². The molecule has 5 heteroatoms. The lowest BCUT2D eigenvalue weighted by Crippen LogP contribution is -2.44. The summed E-state index contributed by atoms with van der Waals surface area (Å²) in [4.78, 5) is 28.9. The van der Waals surface area contributed by atoms with E-state index < -0.39 is 0 Å².